The van der Waals surface area contributed by atoms with Crippen LogP contribution in [0.25, 0.3) is 0 Å². The maximum atomic E-state index is 12.7. The topological polar surface area (TPSA) is 102 Å². The van der Waals surface area contributed by atoms with E-state index in [0.29, 0.717) is 18.0 Å². The van der Waals surface area contributed by atoms with Crippen molar-refractivity contribution in [1.82, 2.24) is 4.90 Å². The predicted octanol–water partition coefficient (Wildman–Crippen LogP) is 2.95. The molecule has 0 saturated carbocycles. The molecule has 0 aromatic heterocycles. The fraction of sp³-hybridized carbons (Fsp3) is 0.304. The highest BCUT2D eigenvalue weighted by Gasteiger charge is 2.42. The minimum atomic E-state index is -1.18. The van der Waals surface area contributed by atoms with E-state index in [-0.39, 0.29) is 11.1 Å². The summed E-state index contributed by atoms with van der Waals surface area (Å²) in [6.07, 6.45) is -1.15. The number of para-hydroxylation sites is 2. The van der Waals surface area contributed by atoms with E-state index in [2.05, 4.69) is 5.32 Å². The monoisotopic (exact) mass is 424 g/mol. The van der Waals surface area contributed by atoms with Crippen molar-refractivity contribution in [3.8, 4) is 5.75 Å². The molecule has 2 aromatic rings. The van der Waals surface area contributed by atoms with Crippen LogP contribution in [0, 0.1) is 6.92 Å². The number of esters is 1. The Morgan fingerprint density at radius 3 is 2.42 bits per heavy atom. The SMILES string of the molecule is CCOc1ccccc1NC(=O)C(C)OC(=O)C(C)N1C(=O)c2ccc(C)cc2C1=O. The van der Waals surface area contributed by atoms with E-state index < -0.39 is 35.8 Å². The summed E-state index contributed by atoms with van der Waals surface area (Å²) >= 11 is 0. The molecule has 0 spiro atoms. The number of hydrogen-bond acceptors (Lipinski definition) is 6. The van der Waals surface area contributed by atoms with Crippen LogP contribution in [0.1, 0.15) is 47.1 Å². The molecule has 0 bridgehead atoms. The van der Waals surface area contributed by atoms with Crippen molar-refractivity contribution < 1.29 is 28.7 Å². The molecule has 0 radical (unpaired) electrons. The van der Waals surface area contributed by atoms with Gasteiger partial charge in [-0.25, -0.2) is 4.79 Å². The van der Waals surface area contributed by atoms with E-state index in [1.807, 2.05) is 13.8 Å². The number of nitrogens with one attached hydrogen (secondary N) is 1. The van der Waals surface area contributed by atoms with Gasteiger partial charge in [0, 0.05) is 0 Å². The predicted molar refractivity (Wildman–Crippen MR) is 113 cm³/mol. The normalized spacial score (nSPS) is 14.6. The van der Waals surface area contributed by atoms with E-state index in [1.165, 1.54) is 13.8 Å². The summed E-state index contributed by atoms with van der Waals surface area (Å²) in [5, 5.41) is 2.66. The molecule has 2 aromatic carbocycles. The van der Waals surface area contributed by atoms with Crippen molar-refractivity contribution in [3.05, 3.63) is 59.2 Å². The third-order valence-corrected chi connectivity index (χ3v) is 4.91. The Morgan fingerprint density at radius 2 is 1.71 bits per heavy atom. The number of aryl methyl sites for hydroxylation is 1. The molecule has 1 aliphatic rings. The lowest BCUT2D eigenvalue weighted by molar-refractivity contribution is -0.156. The Hall–Kier alpha value is -3.68. The maximum absolute atomic E-state index is 12.7. The maximum Gasteiger partial charge on any atom is 0.329 e. The standard InChI is InChI=1S/C23H24N2O6/c1-5-30-19-9-7-6-8-18(19)24-20(26)15(4)31-23(29)14(3)25-21(27)16-11-10-13(2)12-17(16)22(25)28/h6-12,14-15H,5H2,1-4H3,(H,24,26). The number of fused-ring (bicyclic) bond motifs is 1. The molecule has 0 fully saturated rings. The molecule has 8 heteroatoms. The molecule has 1 heterocycles. The third-order valence-electron chi connectivity index (χ3n) is 4.91. The van der Waals surface area contributed by atoms with Crippen LogP contribution in [0.3, 0.4) is 0 Å². The quantitative estimate of drug-likeness (QED) is 0.542. The Labute approximate surface area is 180 Å². The van der Waals surface area contributed by atoms with Gasteiger partial charge in [-0.1, -0.05) is 23.8 Å². The molecule has 0 aliphatic carbocycles. The second kappa shape index (κ2) is 8.99. The van der Waals surface area contributed by atoms with Crippen molar-refractivity contribution >= 4 is 29.4 Å². The van der Waals surface area contributed by atoms with Crippen LogP contribution in [-0.4, -0.2) is 47.3 Å². The van der Waals surface area contributed by atoms with E-state index in [0.717, 1.165) is 10.5 Å². The average molecular weight is 424 g/mol. The minimum absolute atomic E-state index is 0.244. The van der Waals surface area contributed by atoms with Crippen molar-refractivity contribution in [2.75, 3.05) is 11.9 Å². The van der Waals surface area contributed by atoms with Crippen LogP contribution in [0.5, 0.6) is 5.75 Å². The van der Waals surface area contributed by atoms with Crippen LogP contribution in [0.4, 0.5) is 5.69 Å². The Bertz CT molecular complexity index is 1050. The highest BCUT2D eigenvalue weighted by molar-refractivity contribution is 6.22. The molecule has 3 amide bonds. The molecule has 8 nitrogen and oxygen atoms in total. The Balaban J connectivity index is 1.66. The van der Waals surface area contributed by atoms with Gasteiger partial charge in [-0.15, -0.1) is 0 Å². The molecule has 31 heavy (non-hydrogen) atoms. The van der Waals surface area contributed by atoms with Gasteiger partial charge in [0.15, 0.2) is 6.10 Å². The molecular formula is C23H24N2O6. The van der Waals surface area contributed by atoms with Gasteiger partial charge in [-0.05, 0) is 52.0 Å². The zero-order valence-electron chi connectivity index (χ0n) is 17.8. The number of imide groups is 1. The Kier molecular flexibility index (Phi) is 6.39. The van der Waals surface area contributed by atoms with Crippen LogP contribution in [0.15, 0.2) is 42.5 Å². The molecule has 1 aliphatic heterocycles. The zero-order valence-corrected chi connectivity index (χ0v) is 17.8. The molecule has 2 unspecified atom stereocenters. The van der Waals surface area contributed by atoms with E-state index in [4.69, 9.17) is 9.47 Å². The van der Waals surface area contributed by atoms with E-state index in [9.17, 15) is 19.2 Å². The van der Waals surface area contributed by atoms with E-state index in [1.54, 1.807) is 42.5 Å². The van der Waals surface area contributed by atoms with Crippen LogP contribution >= 0.6 is 0 Å². The molecule has 0 saturated heterocycles. The lowest BCUT2D eigenvalue weighted by Crippen LogP contribution is -2.45. The summed E-state index contributed by atoms with van der Waals surface area (Å²) in [6.45, 7) is 6.86. The number of carbonyl (C=O) groups is 4. The Morgan fingerprint density at radius 1 is 1.03 bits per heavy atom. The second-order valence-corrected chi connectivity index (χ2v) is 7.20. The summed E-state index contributed by atoms with van der Waals surface area (Å²) in [6, 6.07) is 10.6. The summed E-state index contributed by atoms with van der Waals surface area (Å²) in [4.78, 5) is 51.3. The van der Waals surface area contributed by atoms with Gasteiger partial charge in [-0.2, -0.15) is 0 Å². The first-order chi connectivity index (χ1) is 14.7. The number of amides is 3. The van der Waals surface area contributed by atoms with Crippen LogP contribution in [0.2, 0.25) is 0 Å². The molecule has 162 valence electrons. The highest BCUT2D eigenvalue weighted by atomic mass is 16.5. The fourth-order valence-corrected chi connectivity index (χ4v) is 3.24. The molecule has 2 atom stereocenters. The van der Waals surface area contributed by atoms with Crippen molar-refractivity contribution in [2.45, 2.75) is 39.8 Å². The van der Waals surface area contributed by atoms with Gasteiger partial charge >= 0.3 is 5.97 Å². The second-order valence-electron chi connectivity index (χ2n) is 7.20. The summed E-state index contributed by atoms with van der Waals surface area (Å²) in [7, 11) is 0. The fourth-order valence-electron chi connectivity index (χ4n) is 3.24. The van der Waals surface area contributed by atoms with Crippen molar-refractivity contribution in [2.24, 2.45) is 0 Å². The number of ether oxygens (including phenoxy) is 2. The first-order valence-corrected chi connectivity index (χ1v) is 9.96. The number of rotatable bonds is 7. The number of nitrogens with zero attached hydrogens (tertiary/aromatic N) is 1. The number of benzene rings is 2. The highest BCUT2D eigenvalue weighted by Crippen LogP contribution is 2.27. The molecule has 1 N–H and O–H groups in total. The largest absolute Gasteiger partial charge is 0.492 e. The van der Waals surface area contributed by atoms with Gasteiger partial charge in [-0.3, -0.25) is 19.3 Å². The molecular weight excluding hydrogens is 400 g/mol. The van der Waals surface area contributed by atoms with Crippen molar-refractivity contribution in [1.29, 1.82) is 0 Å². The first-order valence-electron chi connectivity index (χ1n) is 9.96. The summed E-state index contributed by atoms with van der Waals surface area (Å²) in [5.41, 5.74) is 1.77. The summed E-state index contributed by atoms with van der Waals surface area (Å²) < 4.78 is 10.7. The third kappa shape index (κ3) is 4.42. The minimum Gasteiger partial charge on any atom is -0.492 e. The first kappa shape index (κ1) is 22.0. The van der Waals surface area contributed by atoms with Gasteiger partial charge in [0.1, 0.15) is 11.8 Å². The lowest BCUT2D eigenvalue weighted by Gasteiger charge is -2.23. The average Bonchev–Trinajstić information content (AvgIpc) is 2.98. The zero-order chi connectivity index (χ0) is 22.7. The van der Waals surface area contributed by atoms with Crippen molar-refractivity contribution in [3.63, 3.8) is 0 Å². The van der Waals surface area contributed by atoms with Gasteiger partial charge in [0.05, 0.1) is 23.4 Å². The number of anilines is 1. The summed E-state index contributed by atoms with van der Waals surface area (Å²) in [5.74, 6) is -2.05. The number of carbonyl (C=O) groups excluding carboxylic acids is 4. The number of hydrogen-bond donors (Lipinski definition) is 1. The van der Waals surface area contributed by atoms with Crippen LogP contribution in [-0.2, 0) is 14.3 Å². The van der Waals surface area contributed by atoms with Gasteiger partial charge in [0.2, 0.25) is 0 Å². The lowest BCUT2D eigenvalue weighted by atomic mass is 10.1. The van der Waals surface area contributed by atoms with Crippen LogP contribution < -0.4 is 10.1 Å². The van der Waals surface area contributed by atoms with Gasteiger partial charge in [0.25, 0.3) is 17.7 Å². The molecule has 3 rings (SSSR count). The smallest absolute Gasteiger partial charge is 0.329 e. The van der Waals surface area contributed by atoms with E-state index >= 15 is 0 Å². The van der Waals surface area contributed by atoms with Gasteiger partial charge < -0.3 is 14.8 Å².